The van der Waals surface area contributed by atoms with Crippen molar-refractivity contribution in [1.82, 2.24) is 4.31 Å². The third-order valence-corrected chi connectivity index (χ3v) is 6.94. The van der Waals surface area contributed by atoms with Gasteiger partial charge in [-0.3, -0.25) is 4.79 Å². The minimum Gasteiger partial charge on any atom is -0.493 e. The third-order valence-electron chi connectivity index (χ3n) is 5.13. The van der Waals surface area contributed by atoms with Crippen LogP contribution in [0.1, 0.15) is 11.1 Å². The van der Waals surface area contributed by atoms with Gasteiger partial charge in [0.1, 0.15) is 0 Å². The summed E-state index contributed by atoms with van der Waals surface area (Å²) >= 11 is 0. The fourth-order valence-electron chi connectivity index (χ4n) is 3.49. The van der Waals surface area contributed by atoms with Crippen LogP contribution >= 0.6 is 0 Å². The fourth-order valence-corrected chi connectivity index (χ4v) is 4.44. The molecule has 1 heterocycles. The number of rotatable bonds is 7. The molecule has 0 radical (unpaired) electrons. The Morgan fingerprint density at radius 3 is 2.35 bits per heavy atom. The lowest BCUT2D eigenvalue weighted by Crippen LogP contribution is -2.27. The standard InChI is InChI=1S/C22H26N2O6S/c1-23(2)31(26,27)17-8-9-18-16(14-17)12-13-24(18)20(25)11-7-15-6-10-19(28-3)22(30-5)21(15)29-4/h6-11,14H,12-13H2,1-5H3/b11-7+. The van der Waals surface area contributed by atoms with Gasteiger partial charge in [-0.05, 0) is 48.4 Å². The van der Waals surface area contributed by atoms with E-state index in [-0.39, 0.29) is 10.8 Å². The van der Waals surface area contributed by atoms with Gasteiger partial charge in [-0.1, -0.05) is 0 Å². The van der Waals surface area contributed by atoms with Crippen molar-refractivity contribution in [1.29, 1.82) is 0 Å². The highest BCUT2D eigenvalue weighted by atomic mass is 32.2. The van der Waals surface area contributed by atoms with Crippen molar-refractivity contribution in [2.45, 2.75) is 11.3 Å². The first-order valence-corrected chi connectivity index (χ1v) is 11.0. The number of amides is 1. The average molecular weight is 447 g/mol. The Balaban J connectivity index is 1.86. The van der Waals surface area contributed by atoms with Crippen LogP contribution in [0.3, 0.4) is 0 Å². The van der Waals surface area contributed by atoms with Crippen LogP contribution in [0.5, 0.6) is 17.2 Å². The van der Waals surface area contributed by atoms with Gasteiger partial charge < -0.3 is 19.1 Å². The maximum absolute atomic E-state index is 12.9. The number of carbonyl (C=O) groups is 1. The lowest BCUT2D eigenvalue weighted by atomic mass is 10.1. The van der Waals surface area contributed by atoms with Crippen molar-refractivity contribution >= 4 is 27.7 Å². The second kappa shape index (κ2) is 8.99. The number of methoxy groups -OCH3 is 3. The van der Waals surface area contributed by atoms with Crippen molar-refractivity contribution in [2.75, 3.05) is 46.9 Å². The molecule has 2 aromatic rings. The number of hydrogen-bond donors (Lipinski definition) is 0. The number of fused-ring (bicyclic) bond motifs is 1. The van der Waals surface area contributed by atoms with E-state index in [9.17, 15) is 13.2 Å². The molecule has 3 rings (SSSR count). The molecule has 0 fully saturated rings. The van der Waals surface area contributed by atoms with E-state index in [0.717, 1.165) is 5.56 Å². The second-order valence-electron chi connectivity index (χ2n) is 7.07. The molecular formula is C22H26N2O6S. The Hall–Kier alpha value is -3.04. The maximum atomic E-state index is 12.9. The number of anilines is 1. The summed E-state index contributed by atoms with van der Waals surface area (Å²) in [6, 6.07) is 8.37. The molecule has 0 spiro atoms. The SMILES string of the molecule is COc1ccc(/C=C/C(=O)N2CCc3cc(S(=O)(=O)N(C)C)ccc32)c(OC)c1OC. The molecule has 0 atom stereocenters. The summed E-state index contributed by atoms with van der Waals surface area (Å²) in [5.41, 5.74) is 2.21. The molecule has 2 aromatic carbocycles. The lowest BCUT2D eigenvalue weighted by Gasteiger charge is -2.17. The first-order chi connectivity index (χ1) is 14.7. The van der Waals surface area contributed by atoms with Gasteiger partial charge in [-0.2, -0.15) is 0 Å². The summed E-state index contributed by atoms with van der Waals surface area (Å²) in [5.74, 6) is 1.23. The van der Waals surface area contributed by atoms with Crippen LogP contribution in [0.4, 0.5) is 5.69 Å². The molecule has 0 aromatic heterocycles. The zero-order valence-corrected chi connectivity index (χ0v) is 19.0. The van der Waals surface area contributed by atoms with E-state index in [2.05, 4.69) is 0 Å². The van der Waals surface area contributed by atoms with Gasteiger partial charge in [-0.15, -0.1) is 0 Å². The van der Waals surface area contributed by atoms with Gasteiger partial charge in [0, 0.05) is 38.0 Å². The molecule has 0 saturated carbocycles. The van der Waals surface area contributed by atoms with E-state index >= 15 is 0 Å². The van der Waals surface area contributed by atoms with Crippen molar-refractivity contribution in [3.05, 3.63) is 47.5 Å². The number of benzene rings is 2. The second-order valence-corrected chi connectivity index (χ2v) is 9.23. The number of sulfonamides is 1. The maximum Gasteiger partial charge on any atom is 0.251 e. The molecule has 1 aliphatic rings. The number of hydrogen-bond acceptors (Lipinski definition) is 6. The van der Waals surface area contributed by atoms with Gasteiger partial charge >= 0.3 is 0 Å². The number of ether oxygens (including phenoxy) is 3. The predicted octanol–water partition coefficient (Wildman–Crippen LogP) is 2.57. The van der Waals surface area contributed by atoms with Crippen LogP contribution in [-0.2, 0) is 21.2 Å². The van der Waals surface area contributed by atoms with Crippen LogP contribution in [0.15, 0.2) is 41.3 Å². The van der Waals surface area contributed by atoms with Crippen molar-refractivity contribution in [3.63, 3.8) is 0 Å². The summed E-state index contributed by atoms with van der Waals surface area (Å²) in [4.78, 5) is 14.7. The topological polar surface area (TPSA) is 85.4 Å². The predicted molar refractivity (Wildman–Crippen MR) is 119 cm³/mol. The molecule has 0 unspecified atom stereocenters. The van der Waals surface area contributed by atoms with E-state index in [4.69, 9.17) is 14.2 Å². The molecule has 1 amide bonds. The first kappa shape index (κ1) is 22.6. The smallest absolute Gasteiger partial charge is 0.251 e. The summed E-state index contributed by atoms with van der Waals surface area (Å²) in [6.07, 6.45) is 3.71. The monoisotopic (exact) mass is 446 g/mol. The minimum atomic E-state index is -3.52. The molecule has 31 heavy (non-hydrogen) atoms. The van der Waals surface area contributed by atoms with Gasteiger partial charge in [-0.25, -0.2) is 12.7 Å². The summed E-state index contributed by atoms with van der Waals surface area (Å²) < 4.78 is 42.0. The van der Waals surface area contributed by atoms with E-state index in [0.29, 0.717) is 41.5 Å². The molecule has 0 bridgehead atoms. The fraction of sp³-hybridized carbons (Fsp3) is 0.318. The molecule has 0 saturated heterocycles. The minimum absolute atomic E-state index is 0.209. The van der Waals surface area contributed by atoms with Crippen molar-refractivity contribution in [3.8, 4) is 17.2 Å². The molecule has 1 aliphatic heterocycles. The Bertz CT molecular complexity index is 1130. The normalized spacial score (nSPS) is 13.5. The Kier molecular flexibility index (Phi) is 6.56. The van der Waals surface area contributed by atoms with Gasteiger partial charge in [0.05, 0.1) is 26.2 Å². The molecule has 8 nitrogen and oxygen atoms in total. The van der Waals surface area contributed by atoms with Crippen LogP contribution in [0.2, 0.25) is 0 Å². The molecule has 0 N–H and O–H groups in total. The highest BCUT2D eigenvalue weighted by Gasteiger charge is 2.26. The van der Waals surface area contributed by atoms with Crippen molar-refractivity contribution in [2.24, 2.45) is 0 Å². The van der Waals surface area contributed by atoms with Gasteiger partial charge in [0.25, 0.3) is 5.91 Å². The first-order valence-electron chi connectivity index (χ1n) is 9.58. The lowest BCUT2D eigenvalue weighted by molar-refractivity contribution is -0.114. The van der Waals surface area contributed by atoms with E-state index in [1.165, 1.54) is 51.9 Å². The highest BCUT2D eigenvalue weighted by molar-refractivity contribution is 7.89. The molecule has 166 valence electrons. The quantitative estimate of drug-likeness (QED) is 0.608. The zero-order valence-electron chi connectivity index (χ0n) is 18.2. The third kappa shape index (κ3) is 4.24. The summed E-state index contributed by atoms with van der Waals surface area (Å²) in [6.45, 7) is 0.479. The van der Waals surface area contributed by atoms with Crippen LogP contribution in [0, 0.1) is 0 Å². The van der Waals surface area contributed by atoms with E-state index in [1.54, 1.807) is 35.2 Å². The van der Waals surface area contributed by atoms with Gasteiger partial charge in [0.2, 0.25) is 15.8 Å². The summed E-state index contributed by atoms with van der Waals surface area (Å²) in [5, 5.41) is 0. The number of nitrogens with zero attached hydrogens (tertiary/aromatic N) is 2. The Morgan fingerprint density at radius 1 is 1.03 bits per heavy atom. The van der Waals surface area contributed by atoms with Gasteiger partial charge in [0.15, 0.2) is 11.5 Å². The highest BCUT2D eigenvalue weighted by Crippen LogP contribution is 2.40. The Morgan fingerprint density at radius 2 is 1.74 bits per heavy atom. The zero-order chi connectivity index (χ0) is 22.8. The number of carbonyl (C=O) groups excluding carboxylic acids is 1. The average Bonchev–Trinajstić information content (AvgIpc) is 3.19. The largest absolute Gasteiger partial charge is 0.493 e. The van der Waals surface area contributed by atoms with Crippen LogP contribution in [-0.4, -0.2) is 60.6 Å². The van der Waals surface area contributed by atoms with E-state index < -0.39 is 10.0 Å². The molecule has 0 aliphatic carbocycles. The summed E-state index contributed by atoms with van der Waals surface area (Å²) in [7, 11) is 4.04. The molecule has 9 heteroatoms. The molecular weight excluding hydrogens is 420 g/mol. The Labute approximate surface area is 182 Å². The van der Waals surface area contributed by atoms with E-state index in [1.807, 2.05) is 0 Å². The van der Waals surface area contributed by atoms with Crippen LogP contribution < -0.4 is 19.1 Å². The van der Waals surface area contributed by atoms with Crippen LogP contribution in [0.25, 0.3) is 6.08 Å². The van der Waals surface area contributed by atoms with Crippen molar-refractivity contribution < 1.29 is 27.4 Å².